The fourth-order valence-electron chi connectivity index (χ4n) is 5.27. The number of benzene rings is 5. The molecular formula is C48H62N4O6. The zero-order valence-electron chi connectivity index (χ0n) is 35.5. The minimum absolute atomic E-state index is 0.0558. The molecular weight excluding hydrogens is 729 g/mol. The fourth-order valence-corrected chi connectivity index (χ4v) is 5.27. The third-order valence-electron chi connectivity index (χ3n) is 8.67. The van der Waals surface area contributed by atoms with Crippen LogP contribution in [0.3, 0.4) is 0 Å². The maximum atomic E-state index is 11.2. The number of nitrogens with two attached hydrogens (primary N) is 1. The average Bonchev–Trinajstić information content (AvgIpc) is 3.24. The summed E-state index contributed by atoms with van der Waals surface area (Å²) in [6.07, 6.45) is 4.54. The molecule has 5 aromatic rings. The van der Waals surface area contributed by atoms with Gasteiger partial charge in [0.25, 0.3) is 0 Å². The number of carbonyl (C=O) groups excluding carboxylic acids is 4. The maximum absolute atomic E-state index is 11.2. The van der Waals surface area contributed by atoms with Gasteiger partial charge < -0.3 is 35.5 Å². The Morgan fingerprint density at radius 3 is 1.59 bits per heavy atom. The third kappa shape index (κ3) is 20.1. The number of amides is 2. The zero-order chi connectivity index (χ0) is 43.3. The molecule has 0 aliphatic heterocycles. The van der Waals surface area contributed by atoms with E-state index in [1.807, 2.05) is 86.9 Å². The average molecular weight is 791 g/mol. The third-order valence-corrected chi connectivity index (χ3v) is 8.67. The van der Waals surface area contributed by atoms with Crippen LogP contribution in [0, 0.1) is 0 Å². The molecule has 0 fully saturated rings. The normalized spacial score (nSPS) is 10.9. The van der Waals surface area contributed by atoms with Crippen LogP contribution in [0.1, 0.15) is 66.2 Å². The number of nitrogens with zero attached hydrogens (tertiary/aromatic N) is 1. The molecule has 1 unspecified atom stereocenters. The van der Waals surface area contributed by atoms with Crippen LogP contribution >= 0.6 is 0 Å². The van der Waals surface area contributed by atoms with E-state index in [1.165, 1.54) is 27.9 Å². The summed E-state index contributed by atoms with van der Waals surface area (Å²) < 4.78 is 9.96. The van der Waals surface area contributed by atoms with Gasteiger partial charge in [0.1, 0.15) is 24.1 Å². The van der Waals surface area contributed by atoms with Crippen LogP contribution in [0.4, 0.5) is 11.4 Å². The molecule has 0 spiro atoms. The molecule has 0 bridgehead atoms. The number of hydrogen-bond acceptors (Lipinski definition) is 8. The van der Waals surface area contributed by atoms with Gasteiger partial charge in [0.05, 0.1) is 20.3 Å². The van der Waals surface area contributed by atoms with Crippen LogP contribution < -0.4 is 30.7 Å². The summed E-state index contributed by atoms with van der Waals surface area (Å²) >= 11 is 0. The highest BCUT2D eigenvalue weighted by molar-refractivity contribution is 5.76. The topological polar surface area (TPSA) is 140 Å². The summed E-state index contributed by atoms with van der Waals surface area (Å²) in [5.41, 5.74) is 11.9. The molecule has 5 aromatic carbocycles. The minimum atomic E-state index is -0.0626. The molecule has 5 rings (SSSR count). The highest BCUT2D eigenvalue weighted by atomic mass is 16.5. The van der Waals surface area contributed by atoms with E-state index in [-0.39, 0.29) is 17.9 Å². The van der Waals surface area contributed by atoms with Gasteiger partial charge in [0, 0.05) is 31.0 Å². The van der Waals surface area contributed by atoms with Gasteiger partial charge >= 0.3 is 0 Å². The molecule has 0 aromatic heterocycles. The number of likely N-dealkylation sites (N-methyl/N-ethyl adjacent to an activating group) is 1. The van der Waals surface area contributed by atoms with Crippen LogP contribution in [0.2, 0.25) is 0 Å². The Morgan fingerprint density at radius 1 is 0.707 bits per heavy atom. The van der Waals surface area contributed by atoms with Crippen LogP contribution in [0.5, 0.6) is 11.5 Å². The summed E-state index contributed by atoms with van der Waals surface area (Å²) in [5, 5.41) is 5.45. The van der Waals surface area contributed by atoms with E-state index >= 15 is 0 Å². The quantitative estimate of drug-likeness (QED) is 0.101. The molecule has 0 aliphatic rings. The molecule has 2 amide bonds. The Kier molecular flexibility index (Phi) is 24.2. The van der Waals surface area contributed by atoms with Crippen molar-refractivity contribution in [3.8, 4) is 11.5 Å². The largest absolute Gasteiger partial charge is 0.497 e. The highest BCUT2D eigenvalue weighted by Crippen LogP contribution is 2.29. The van der Waals surface area contributed by atoms with E-state index in [2.05, 4.69) is 79.3 Å². The van der Waals surface area contributed by atoms with Gasteiger partial charge in [0.2, 0.25) is 12.8 Å². The molecule has 10 nitrogen and oxygen atoms in total. The first-order valence-electron chi connectivity index (χ1n) is 18.9. The number of primary amides is 1. The van der Waals surface area contributed by atoms with Crippen LogP contribution in [0.25, 0.3) is 0 Å². The first-order valence-corrected chi connectivity index (χ1v) is 18.9. The van der Waals surface area contributed by atoms with Gasteiger partial charge in [-0.15, -0.1) is 0 Å². The molecule has 0 radical (unpaired) electrons. The van der Waals surface area contributed by atoms with Crippen molar-refractivity contribution in [1.82, 2.24) is 5.32 Å². The summed E-state index contributed by atoms with van der Waals surface area (Å²) in [7, 11) is 9.10. The van der Waals surface area contributed by atoms with E-state index in [4.69, 9.17) is 14.3 Å². The van der Waals surface area contributed by atoms with Gasteiger partial charge in [-0.25, -0.2) is 0 Å². The van der Waals surface area contributed by atoms with Crippen molar-refractivity contribution < 1.29 is 28.7 Å². The Hall–Kier alpha value is -6.26. The Morgan fingerprint density at radius 2 is 1.19 bits per heavy atom. The number of aldehydes is 2. The predicted octanol–water partition coefficient (Wildman–Crippen LogP) is 8.29. The van der Waals surface area contributed by atoms with Gasteiger partial charge in [-0.3, -0.25) is 14.4 Å². The number of methoxy groups -OCH3 is 2. The van der Waals surface area contributed by atoms with Crippen LogP contribution in [-0.2, 0) is 32.6 Å². The number of hydrogen-bond donors (Lipinski definition) is 3. The van der Waals surface area contributed by atoms with E-state index in [0.717, 1.165) is 48.2 Å². The molecule has 10 heteroatoms. The minimum Gasteiger partial charge on any atom is -0.497 e. The highest BCUT2D eigenvalue weighted by Gasteiger charge is 2.17. The van der Waals surface area contributed by atoms with Gasteiger partial charge in [-0.05, 0) is 114 Å². The summed E-state index contributed by atoms with van der Waals surface area (Å²) in [6, 6.07) is 41.8. The number of rotatable bonds is 13. The molecule has 4 N–H and O–H groups in total. The molecule has 58 heavy (non-hydrogen) atoms. The SMILES string of the molecule is CC(Cc1ccccc1)c1cc(C=O)cc(C(C)(C)C)c1.CN[C@H](C=O)Cc1ccccc1.COc1ccc(N(C)C)cc1.COc1ccc(NC=O)cc1.NC=O. The first kappa shape index (κ1) is 49.8. The molecule has 0 aliphatic carbocycles. The Bertz CT molecular complexity index is 1860. The van der Waals surface area contributed by atoms with E-state index < -0.39 is 0 Å². The second-order valence-corrected chi connectivity index (χ2v) is 14.3. The maximum Gasteiger partial charge on any atom is 0.211 e. The molecule has 310 valence electrons. The zero-order valence-corrected chi connectivity index (χ0v) is 35.5. The molecule has 0 saturated carbocycles. The standard InChI is InChI=1S/C20H24O.C10H13NO.C9H13NO.C8H9NO2.CH3NO/c1-15(10-16-8-6-5-7-9-16)18-11-17(14-21)12-19(13-18)20(2,3)4;1-11-10(8-12)7-9-5-3-2-4-6-9;1-10(2)8-4-6-9(11-3)7-5-8;1-11-8-4-2-7(3-5-8)9-6-10;2-1-3/h5-9,11-15H,10H2,1-4H3;2-6,8,10-11H,7H2,1H3;4-7H,1-3H3;2-6H,1H3,(H,9,10);1H,(H2,2,3)/t;10-;;;/m.0.../s1. The number of anilines is 2. The van der Waals surface area contributed by atoms with Crippen LogP contribution in [0.15, 0.2) is 127 Å². The molecule has 0 saturated heterocycles. The van der Waals surface area contributed by atoms with Crippen LogP contribution in [-0.4, -0.2) is 66.8 Å². The van der Waals surface area contributed by atoms with Crippen molar-refractivity contribution in [1.29, 1.82) is 0 Å². The second kappa shape index (κ2) is 28.2. The second-order valence-electron chi connectivity index (χ2n) is 14.3. The lowest BCUT2D eigenvalue weighted by atomic mass is 9.82. The van der Waals surface area contributed by atoms with E-state index in [1.54, 1.807) is 45.5 Å². The lowest BCUT2D eigenvalue weighted by Crippen LogP contribution is -2.28. The van der Waals surface area contributed by atoms with Crippen molar-refractivity contribution >= 4 is 36.8 Å². The van der Waals surface area contributed by atoms with Crippen molar-refractivity contribution in [2.45, 2.75) is 57.9 Å². The van der Waals surface area contributed by atoms with Crippen molar-refractivity contribution in [2.75, 3.05) is 45.6 Å². The first-order chi connectivity index (χ1) is 27.8. The van der Waals surface area contributed by atoms with Gasteiger partial charge in [-0.1, -0.05) is 94.4 Å². The fraction of sp³-hybridized carbons (Fsp3) is 0.292. The molecule has 0 heterocycles. The number of carbonyl (C=O) groups is 4. The lowest BCUT2D eigenvalue weighted by molar-refractivity contribution is -0.109. The van der Waals surface area contributed by atoms with E-state index in [9.17, 15) is 14.4 Å². The number of nitrogens with one attached hydrogen (secondary N) is 2. The van der Waals surface area contributed by atoms with Gasteiger partial charge in [-0.2, -0.15) is 0 Å². The monoisotopic (exact) mass is 790 g/mol. The number of ether oxygens (including phenoxy) is 2. The van der Waals surface area contributed by atoms with Crippen molar-refractivity contribution in [3.05, 3.63) is 155 Å². The lowest BCUT2D eigenvalue weighted by Gasteiger charge is -2.22. The summed E-state index contributed by atoms with van der Waals surface area (Å²) in [5.74, 6) is 2.07. The summed E-state index contributed by atoms with van der Waals surface area (Å²) in [4.78, 5) is 42.3. The van der Waals surface area contributed by atoms with Crippen molar-refractivity contribution in [3.63, 3.8) is 0 Å². The Balaban J connectivity index is 0.000000394. The van der Waals surface area contributed by atoms with Gasteiger partial charge in [0.15, 0.2) is 0 Å². The smallest absolute Gasteiger partial charge is 0.211 e. The Labute approximate surface area is 345 Å². The summed E-state index contributed by atoms with van der Waals surface area (Å²) in [6.45, 7) is 8.77. The molecule has 2 atom stereocenters. The van der Waals surface area contributed by atoms with Crippen molar-refractivity contribution in [2.24, 2.45) is 5.73 Å². The van der Waals surface area contributed by atoms with E-state index in [0.29, 0.717) is 12.3 Å². The predicted molar refractivity (Wildman–Crippen MR) is 238 cm³/mol.